The van der Waals surface area contributed by atoms with E-state index in [-0.39, 0.29) is 11.0 Å². The van der Waals surface area contributed by atoms with Crippen LogP contribution in [0.2, 0.25) is 0 Å². The van der Waals surface area contributed by atoms with Gasteiger partial charge < -0.3 is 4.98 Å². The summed E-state index contributed by atoms with van der Waals surface area (Å²) in [7, 11) is 0. The van der Waals surface area contributed by atoms with Crippen molar-refractivity contribution in [2.45, 2.75) is 45.7 Å². The van der Waals surface area contributed by atoms with E-state index in [0.717, 1.165) is 42.0 Å². The summed E-state index contributed by atoms with van der Waals surface area (Å²) in [6.07, 6.45) is 4.49. The minimum Gasteiger partial charge on any atom is -0.310 e. The number of nitrogens with zero attached hydrogens (tertiary/aromatic N) is 3. The molecule has 1 aromatic carbocycles. The molecule has 0 bridgehead atoms. The molecular formula is C21H24N4O. The number of pyridine rings is 1. The maximum Gasteiger partial charge on any atom is 0.254 e. The number of hydrogen-bond donors (Lipinski definition) is 1. The SMILES string of the molecule is CC(C)(C)c1nc2c(c(=O)[nH]1)CCN(Cc1cccc3cnccc13)C2. The summed E-state index contributed by atoms with van der Waals surface area (Å²) in [5.74, 6) is 0.763. The van der Waals surface area contributed by atoms with Crippen molar-refractivity contribution < 1.29 is 0 Å². The van der Waals surface area contributed by atoms with Crippen molar-refractivity contribution >= 4 is 10.8 Å². The molecule has 0 amide bonds. The van der Waals surface area contributed by atoms with Crippen LogP contribution in [0.4, 0.5) is 0 Å². The zero-order valence-corrected chi connectivity index (χ0v) is 15.5. The smallest absolute Gasteiger partial charge is 0.254 e. The van der Waals surface area contributed by atoms with Gasteiger partial charge in [0.25, 0.3) is 5.56 Å². The summed E-state index contributed by atoms with van der Waals surface area (Å²) < 4.78 is 0. The highest BCUT2D eigenvalue weighted by atomic mass is 16.1. The van der Waals surface area contributed by atoms with Crippen molar-refractivity contribution in [2.24, 2.45) is 0 Å². The number of H-pyrrole nitrogens is 1. The van der Waals surface area contributed by atoms with Crippen LogP contribution in [0.3, 0.4) is 0 Å². The fraction of sp³-hybridized carbons (Fsp3) is 0.381. The second-order valence-corrected chi connectivity index (χ2v) is 8.06. The van der Waals surface area contributed by atoms with Gasteiger partial charge in [-0.25, -0.2) is 4.98 Å². The van der Waals surface area contributed by atoms with Gasteiger partial charge in [-0.15, -0.1) is 0 Å². The first-order valence-corrected chi connectivity index (χ1v) is 9.08. The fourth-order valence-electron chi connectivity index (χ4n) is 3.55. The van der Waals surface area contributed by atoms with Crippen LogP contribution in [0.1, 0.15) is 43.4 Å². The highest BCUT2D eigenvalue weighted by molar-refractivity contribution is 5.84. The molecule has 0 spiro atoms. The average molecular weight is 348 g/mol. The maximum absolute atomic E-state index is 12.5. The first-order valence-electron chi connectivity index (χ1n) is 9.08. The van der Waals surface area contributed by atoms with Crippen molar-refractivity contribution in [1.82, 2.24) is 19.9 Å². The van der Waals surface area contributed by atoms with E-state index in [1.54, 1.807) is 0 Å². The molecule has 0 saturated carbocycles. The molecule has 1 N–H and O–H groups in total. The lowest BCUT2D eigenvalue weighted by Crippen LogP contribution is -2.36. The van der Waals surface area contributed by atoms with Crippen LogP contribution >= 0.6 is 0 Å². The van der Waals surface area contributed by atoms with Gasteiger partial charge in [0, 0.05) is 48.4 Å². The lowest BCUT2D eigenvalue weighted by molar-refractivity contribution is 0.240. The Morgan fingerprint density at radius 2 is 2.08 bits per heavy atom. The molecule has 0 atom stereocenters. The fourth-order valence-corrected chi connectivity index (χ4v) is 3.55. The molecule has 0 radical (unpaired) electrons. The van der Waals surface area contributed by atoms with Crippen molar-refractivity contribution in [1.29, 1.82) is 0 Å². The summed E-state index contributed by atoms with van der Waals surface area (Å²) in [6.45, 7) is 8.64. The Hall–Kier alpha value is -2.53. The van der Waals surface area contributed by atoms with E-state index in [1.807, 2.05) is 12.4 Å². The van der Waals surface area contributed by atoms with Crippen LogP contribution in [0.5, 0.6) is 0 Å². The Kier molecular flexibility index (Phi) is 4.11. The van der Waals surface area contributed by atoms with Gasteiger partial charge in [0.05, 0.1) is 5.69 Å². The molecule has 1 aliphatic heterocycles. The molecular weight excluding hydrogens is 324 g/mol. The zero-order valence-electron chi connectivity index (χ0n) is 15.5. The Labute approximate surface area is 153 Å². The Morgan fingerprint density at radius 3 is 2.88 bits per heavy atom. The quantitative estimate of drug-likeness (QED) is 0.773. The minimum atomic E-state index is -0.168. The van der Waals surface area contributed by atoms with Gasteiger partial charge in [-0.2, -0.15) is 0 Å². The monoisotopic (exact) mass is 348 g/mol. The van der Waals surface area contributed by atoms with Crippen molar-refractivity contribution in [3.63, 3.8) is 0 Å². The lowest BCUT2D eigenvalue weighted by Gasteiger charge is -2.29. The topological polar surface area (TPSA) is 61.9 Å². The number of rotatable bonds is 2. The summed E-state index contributed by atoms with van der Waals surface area (Å²) >= 11 is 0. The van der Waals surface area contributed by atoms with Gasteiger partial charge in [0.2, 0.25) is 0 Å². The first kappa shape index (κ1) is 16.9. The van der Waals surface area contributed by atoms with Crippen LogP contribution in [0.15, 0.2) is 41.5 Å². The van der Waals surface area contributed by atoms with E-state index in [1.165, 1.54) is 10.9 Å². The van der Waals surface area contributed by atoms with Gasteiger partial charge in [-0.3, -0.25) is 14.7 Å². The van der Waals surface area contributed by atoms with Crippen LogP contribution in [-0.4, -0.2) is 26.4 Å². The van der Waals surface area contributed by atoms with Gasteiger partial charge in [0.1, 0.15) is 5.82 Å². The van der Waals surface area contributed by atoms with E-state index in [9.17, 15) is 4.79 Å². The number of aromatic nitrogens is 3. The lowest BCUT2D eigenvalue weighted by atomic mass is 9.94. The summed E-state index contributed by atoms with van der Waals surface area (Å²) in [4.78, 5) is 26.8. The molecule has 26 heavy (non-hydrogen) atoms. The van der Waals surface area contributed by atoms with Crippen molar-refractivity contribution in [2.75, 3.05) is 6.54 Å². The predicted octanol–water partition coefficient (Wildman–Crippen LogP) is 3.17. The van der Waals surface area contributed by atoms with E-state index in [2.05, 4.69) is 59.9 Å². The first-order chi connectivity index (χ1) is 12.4. The molecule has 3 aromatic rings. The third-order valence-corrected chi connectivity index (χ3v) is 5.03. The standard InChI is InChI=1S/C21H24N4O/c1-21(2,3)20-23-18-13-25(10-8-17(18)19(26)24-20)12-15-6-4-5-14-11-22-9-7-16(14)15/h4-7,9,11H,8,10,12-13H2,1-3H3,(H,23,24,26). The third-order valence-electron chi connectivity index (χ3n) is 5.03. The molecule has 134 valence electrons. The van der Waals surface area contributed by atoms with Gasteiger partial charge in [-0.05, 0) is 23.4 Å². The van der Waals surface area contributed by atoms with Gasteiger partial charge in [0.15, 0.2) is 0 Å². The summed E-state index contributed by atoms with van der Waals surface area (Å²) in [5, 5.41) is 2.40. The van der Waals surface area contributed by atoms with Gasteiger partial charge in [-0.1, -0.05) is 39.0 Å². The van der Waals surface area contributed by atoms with Crippen molar-refractivity contribution in [3.8, 4) is 0 Å². The molecule has 0 saturated heterocycles. The third kappa shape index (κ3) is 3.15. The van der Waals surface area contributed by atoms with Crippen LogP contribution in [-0.2, 0) is 24.9 Å². The Balaban J connectivity index is 1.64. The van der Waals surface area contributed by atoms with Crippen LogP contribution in [0, 0.1) is 0 Å². The second kappa shape index (κ2) is 6.32. The molecule has 1 aliphatic rings. The average Bonchev–Trinajstić information content (AvgIpc) is 2.61. The summed E-state index contributed by atoms with van der Waals surface area (Å²) in [6, 6.07) is 8.42. The molecule has 0 aliphatic carbocycles. The number of aromatic amines is 1. The molecule has 5 heteroatoms. The van der Waals surface area contributed by atoms with Gasteiger partial charge >= 0.3 is 0 Å². The molecule has 2 aromatic heterocycles. The second-order valence-electron chi connectivity index (χ2n) is 8.06. The molecule has 0 unspecified atom stereocenters. The normalized spacial score (nSPS) is 15.2. The highest BCUT2D eigenvalue weighted by Crippen LogP contribution is 2.24. The van der Waals surface area contributed by atoms with Crippen LogP contribution in [0.25, 0.3) is 10.8 Å². The Morgan fingerprint density at radius 1 is 1.23 bits per heavy atom. The molecule has 3 heterocycles. The predicted molar refractivity (Wildman–Crippen MR) is 103 cm³/mol. The number of fused-ring (bicyclic) bond motifs is 2. The van der Waals surface area contributed by atoms with Crippen molar-refractivity contribution in [3.05, 3.63) is 69.7 Å². The van der Waals surface area contributed by atoms with Crippen LogP contribution < -0.4 is 5.56 Å². The molecule has 4 rings (SSSR count). The number of benzene rings is 1. The zero-order chi connectivity index (χ0) is 18.3. The van der Waals surface area contributed by atoms with E-state index < -0.39 is 0 Å². The maximum atomic E-state index is 12.5. The van der Waals surface area contributed by atoms with E-state index >= 15 is 0 Å². The summed E-state index contributed by atoms with van der Waals surface area (Å²) in [5.41, 5.74) is 2.91. The molecule has 5 nitrogen and oxygen atoms in total. The van der Waals surface area contributed by atoms with E-state index in [0.29, 0.717) is 6.54 Å². The van der Waals surface area contributed by atoms with E-state index in [4.69, 9.17) is 4.98 Å². The largest absolute Gasteiger partial charge is 0.310 e. The molecule has 0 fully saturated rings. The Bertz CT molecular complexity index is 1010. The highest BCUT2D eigenvalue weighted by Gasteiger charge is 2.25. The minimum absolute atomic E-state index is 0.0239. The number of hydrogen-bond acceptors (Lipinski definition) is 4. The number of nitrogens with one attached hydrogen (secondary N) is 1.